The molecular formula is C52H73N7O5. The number of carbonyl (C=O) groups is 4. The number of hydrogen-bond acceptors (Lipinski definition) is 9. The summed E-state index contributed by atoms with van der Waals surface area (Å²) < 4.78 is 20.0. The molecule has 7 aliphatic heterocycles. The van der Waals surface area contributed by atoms with Crippen LogP contribution in [0.2, 0.25) is 0 Å². The van der Waals surface area contributed by atoms with Crippen LogP contribution in [0.25, 0.3) is 0 Å². The summed E-state index contributed by atoms with van der Waals surface area (Å²) in [6.07, 6.45) is 10.3. The van der Waals surface area contributed by atoms with Gasteiger partial charge in [-0.2, -0.15) is 0 Å². The van der Waals surface area contributed by atoms with Gasteiger partial charge in [-0.15, -0.1) is 0 Å². The lowest BCUT2D eigenvalue weighted by Gasteiger charge is -2.38. The Morgan fingerprint density at radius 1 is 0.609 bits per heavy atom. The Bertz CT molecular complexity index is 2320. The molecular weight excluding hydrogens is 803 g/mol. The topological polar surface area (TPSA) is 120 Å². The molecule has 0 bridgehead atoms. The number of rotatable bonds is 4. The molecule has 0 aliphatic carbocycles. The minimum absolute atomic E-state index is 0. The molecule has 3 fully saturated rings. The van der Waals surface area contributed by atoms with E-state index in [1.165, 1.54) is 48.3 Å². The van der Waals surface area contributed by atoms with Crippen LogP contribution in [-0.2, 0) is 32.3 Å². The molecule has 4 aromatic carbocycles. The first-order chi connectivity index (χ1) is 33.0. The summed E-state index contributed by atoms with van der Waals surface area (Å²) in [4.78, 5) is 57.1. The third kappa shape index (κ3) is 8.60. The number of anilines is 3. The minimum Gasteiger partial charge on any atom is -0.384 e. The summed E-state index contributed by atoms with van der Waals surface area (Å²) in [5.74, 6) is -0.855. The van der Waals surface area contributed by atoms with Gasteiger partial charge in [0.2, 0.25) is 12.8 Å². The van der Waals surface area contributed by atoms with Crippen molar-refractivity contribution in [1.82, 2.24) is 19.6 Å². The maximum absolute atomic E-state index is 11.4. The summed E-state index contributed by atoms with van der Waals surface area (Å²) in [5.41, 5.74) is 10.9. The predicted octanol–water partition coefficient (Wildman–Crippen LogP) is 7.11. The lowest BCUT2D eigenvalue weighted by atomic mass is 9.74. The number of para-hydroxylation sites is 2. The van der Waals surface area contributed by atoms with Crippen molar-refractivity contribution in [1.29, 1.82) is 0 Å². The van der Waals surface area contributed by atoms with Gasteiger partial charge in [-0.1, -0.05) is 67.6 Å². The normalized spacial score (nSPS) is 21.4. The largest absolute Gasteiger partial charge is 0.384 e. The Balaban J connectivity index is 0.000000198. The molecule has 12 nitrogen and oxygen atoms in total. The number of fused-ring (bicyclic) bond motifs is 7. The van der Waals surface area contributed by atoms with E-state index in [-0.39, 0.29) is 13.7 Å². The second kappa shape index (κ2) is 19.0. The molecule has 3 spiro atoms. The zero-order chi connectivity index (χ0) is 49.1. The Kier molecular flexibility index (Phi) is 12.6. The fraction of sp³-hybridized carbons (Fsp3) is 0.462. The highest BCUT2D eigenvalue weighted by Gasteiger charge is 2.46. The molecule has 0 radical (unpaired) electrons. The van der Waals surface area contributed by atoms with Crippen LogP contribution in [0.15, 0.2) is 91.0 Å². The average Bonchev–Trinajstić information content (AvgIpc) is 4.09. The van der Waals surface area contributed by atoms with Crippen LogP contribution in [0, 0.1) is 0 Å². The van der Waals surface area contributed by atoms with Gasteiger partial charge >= 0.3 is 0 Å². The van der Waals surface area contributed by atoms with Crippen molar-refractivity contribution in [3.05, 3.63) is 124 Å². The second-order valence-corrected chi connectivity index (χ2v) is 19.1. The van der Waals surface area contributed by atoms with Crippen molar-refractivity contribution in [2.75, 3.05) is 102 Å². The molecule has 7 aliphatic rings. The van der Waals surface area contributed by atoms with Gasteiger partial charge in [-0.25, -0.2) is 0 Å². The van der Waals surface area contributed by atoms with Crippen LogP contribution in [0.4, 0.5) is 17.1 Å². The van der Waals surface area contributed by atoms with Crippen LogP contribution in [-0.4, -0.2) is 136 Å². The minimum atomic E-state index is -0.563. The molecule has 64 heavy (non-hydrogen) atoms. The van der Waals surface area contributed by atoms with E-state index in [2.05, 4.69) is 109 Å². The van der Waals surface area contributed by atoms with Crippen molar-refractivity contribution in [2.45, 2.75) is 68.1 Å². The van der Waals surface area contributed by atoms with Gasteiger partial charge in [0.05, 0.1) is 11.1 Å². The summed E-state index contributed by atoms with van der Waals surface area (Å²) in [6.45, 7) is 11.5. The molecule has 346 valence electrons. The van der Waals surface area contributed by atoms with Crippen molar-refractivity contribution < 1.29 is 33.1 Å². The number of benzene rings is 4. The summed E-state index contributed by atoms with van der Waals surface area (Å²) in [7, 11) is 6.58. The quantitative estimate of drug-likeness (QED) is 0.163. The van der Waals surface area contributed by atoms with Gasteiger partial charge in [0.25, 0.3) is 11.8 Å². The van der Waals surface area contributed by atoms with Crippen LogP contribution < -0.4 is 15.1 Å². The number of nitrogens with zero attached hydrogens (tertiary/aromatic N) is 6. The SMILES string of the molecule is CCc1ccc2c(c1)C1(CCN(C)CC1)CN2C=O.CN1CCC2(CC1)CN(C=O)c1ccccc12.CN1CCC2(CC1)CNc1ccccc12.O=C1c2ccccc2C(=O)N1CO.[2HH].[2HH].[2H][2H].[2H][2H]. The molecule has 0 saturated carbocycles. The van der Waals surface area contributed by atoms with E-state index in [9.17, 15) is 19.2 Å². The van der Waals surface area contributed by atoms with Crippen molar-refractivity contribution >= 4 is 41.7 Å². The summed E-state index contributed by atoms with van der Waals surface area (Å²) in [5, 5.41) is 12.3. The van der Waals surface area contributed by atoms with Crippen molar-refractivity contribution in [3.8, 4) is 0 Å². The van der Waals surface area contributed by atoms with Gasteiger partial charge in [0.15, 0.2) is 0 Å². The Labute approximate surface area is 387 Å². The average molecular weight is 882 g/mol. The number of aryl methyl sites for hydroxylation is 1. The predicted molar refractivity (Wildman–Crippen MR) is 262 cm³/mol. The molecule has 0 aromatic heterocycles. The summed E-state index contributed by atoms with van der Waals surface area (Å²) >= 11 is 0. The molecule has 11 rings (SSSR count). The number of likely N-dealkylation sites (tertiary alicyclic amines) is 3. The van der Waals surface area contributed by atoms with E-state index in [0.717, 1.165) is 107 Å². The first kappa shape index (κ1) is 42.5. The standard InChI is InChI=1S/C16H22N2O.C14H18N2O.C13H18N2.C9H7NO3.4H2/c1-3-13-4-5-15-14(10-13)16(11-18(15)12-19)6-8-17(2)9-7-16;1-15-8-6-14(7-9-15)10-16(11-17)13-5-3-2-4-12(13)14;1-15-8-6-13(7-9-15)10-14-12-5-3-2-4-11(12)13;11-5-10-8(12)6-3-1-2-4-7(6)9(10)13;;;;/h4-5,10,12H,3,6-9,11H2,1-2H3;2-5,11H,6-10H2,1H3;2-5,14H,6-10H2,1H3;1-4,11H,5H2;4*1H/i;;;;2*1+1D;2*1+1. The zero-order valence-electron chi connectivity index (χ0n) is 42.1. The highest BCUT2D eigenvalue weighted by atomic mass is 16.3. The number of aliphatic hydroxyl groups excluding tert-OH is 1. The lowest BCUT2D eigenvalue weighted by Crippen LogP contribution is -2.43. The fourth-order valence-electron chi connectivity index (χ4n) is 11.1. The molecule has 7 heterocycles. The maximum Gasteiger partial charge on any atom is 0.263 e. The van der Waals surface area contributed by atoms with E-state index in [1.54, 1.807) is 29.8 Å². The van der Waals surface area contributed by atoms with Gasteiger partial charge < -0.3 is 34.9 Å². The molecule has 0 atom stereocenters. The van der Waals surface area contributed by atoms with E-state index >= 15 is 0 Å². The first-order valence-corrected chi connectivity index (χ1v) is 23.1. The van der Waals surface area contributed by atoms with Crippen LogP contribution in [0.5, 0.6) is 0 Å². The van der Waals surface area contributed by atoms with Gasteiger partial charge in [0.1, 0.15) is 6.73 Å². The number of aliphatic hydroxyl groups is 1. The number of hydrogen-bond donors (Lipinski definition) is 2. The van der Waals surface area contributed by atoms with Crippen molar-refractivity contribution in [2.24, 2.45) is 0 Å². The van der Waals surface area contributed by atoms with Gasteiger partial charge in [-0.05, 0) is 158 Å². The summed E-state index contributed by atoms with van der Waals surface area (Å²) in [6, 6.07) is 30.3. The van der Waals surface area contributed by atoms with Gasteiger partial charge in [0, 0.05) is 61.7 Å². The molecule has 3 saturated heterocycles. The van der Waals surface area contributed by atoms with E-state index in [1.807, 2.05) is 15.9 Å². The zero-order valence-corrected chi connectivity index (χ0v) is 38.1. The molecule has 4 aromatic rings. The Morgan fingerprint density at radius 2 is 1.06 bits per heavy atom. The highest BCUT2D eigenvalue weighted by Crippen LogP contribution is 2.48. The number of carbonyl (C=O) groups excluding carboxylic acids is 4. The molecule has 12 heteroatoms. The van der Waals surface area contributed by atoms with E-state index < -0.39 is 18.5 Å². The highest BCUT2D eigenvalue weighted by molar-refractivity contribution is 6.21. The number of piperidine rings is 3. The number of nitrogens with one attached hydrogen (secondary N) is 1. The van der Waals surface area contributed by atoms with Gasteiger partial charge in [-0.3, -0.25) is 24.1 Å². The lowest BCUT2D eigenvalue weighted by molar-refractivity contribution is -0.108. The fourth-order valence-corrected chi connectivity index (χ4v) is 11.1. The number of imide groups is 1. The Hall–Kier alpha value is -5.40. The molecule has 4 amide bonds. The Morgan fingerprint density at radius 3 is 1.58 bits per heavy atom. The number of amides is 4. The van der Waals surface area contributed by atoms with Crippen molar-refractivity contribution in [3.63, 3.8) is 0 Å². The van der Waals surface area contributed by atoms with Crippen LogP contribution in [0.3, 0.4) is 0 Å². The monoisotopic (exact) mass is 882 g/mol. The second-order valence-electron chi connectivity index (χ2n) is 19.1. The molecule has 0 unspecified atom stereocenters. The van der Waals surface area contributed by atoms with Crippen LogP contribution in [0.1, 0.15) is 97.2 Å². The molecule has 2 N–H and O–H groups in total. The van der Waals surface area contributed by atoms with Crippen LogP contribution >= 0.6 is 0 Å². The third-order valence-electron chi connectivity index (χ3n) is 15.3. The maximum atomic E-state index is 11.4. The smallest absolute Gasteiger partial charge is 0.263 e. The van der Waals surface area contributed by atoms with E-state index in [4.69, 9.17) is 11.0 Å². The first-order valence-electron chi connectivity index (χ1n) is 25.1. The third-order valence-corrected chi connectivity index (χ3v) is 15.3. The van der Waals surface area contributed by atoms with E-state index in [0.29, 0.717) is 16.5 Å².